The number of aromatic nitrogens is 4. The minimum absolute atomic E-state index is 0.246. The van der Waals surface area contributed by atoms with Crippen molar-refractivity contribution in [3.8, 4) is 5.69 Å². The molecule has 0 bridgehead atoms. The lowest BCUT2D eigenvalue weighted by molar-refractivity contribution is -0.137. The number of tetrazole rings is 1. The summed E-state index contributed by atoms with van der Waals surface area (Å²) in [6, 6.07) is 4.12. The Morgan fingerprint density at radius 3 is 2.42 bits per heavy atom. The molecule has 1 aromatic carbocycles. The molecular formula is C10H7F3N4O2. The molecular weight excluding hydrogens is 265 g/mol. The SMILES string of the molecule is COC(=O)c1nnn(-c2ccc(C(F)(F)F)cc2)n1. The van der Waals surface area contributed by atoms with Crippen LogP contribution in [0.2, 0.25) is 0 Å². The van der Waals surface area contributed by atoms with Crippen molar-refractivity contribution in [3.63, 3.8) is 0 Å². The first-order valence-electron chi connectivity index (χ1n) is 4.98. The number of methoxy groups -OCH3 is 1. The van der Waals surface area contributed by atoms with Crippen LogP contribution in [0, 0.1) is 0 Å². The van der Waals surface area contributed by atoms with Gasteiger partial charge in [-0.05, 0) is 29.5 Å². The first-order chi connectivity index (χ1) is 8.91. The van der Waals surface area contributed by atoms with Crippen LogP contribution in [-0.2, 0) is 10.9 Å². The third-order valence-corrected chi connectivity index (χ3v) is 2.21. The highest BCUT2D eigenvalue weighted by molar-refractivity contribution is 5.84. The summed E-state index contributed by atoms with van der Waals surface area (Å²) in [6.45, 7) is 0. The average Bonchev–Trinajstić information content (AvgIpc) is 2.86. The zero-order chi connectivity index (χ0) is 14.0. The molecule has 100 valence electrons. The molecule has 0 aliphatic carbocycles. The molecule has 9 heteroatoms. The lowest BCUT2D eigenvalue weighted by Crippen LogP contribution is -2.07. The van der Waals surface area contributed by atoms with Crippen LogP contribution in [0.1, 0.15) is 16.2 Å². The standard InChI is InChI=1S/C10H7F3N4O2/c1-19-9(18)8-14-16-17(15-8)7-4-2-6(3-5-7)10(11,12)13/h2-5H,1H3. The minimum atomic E-state index is -4.41. The fourth-order valence-electron chi connectivity index (χ4n) is 1.28. The van der Waals surface area contributed by atoms with Gasteiger partial charge in [-0.15, -0.1) is 15.0 Å². The molecule has 0 aliphatic heterocycles. The van der Waals surface area contributed by atoms with E-state index < -0.39 is 17.7 Å². The summed E-state index contributed by atoms with van der Waals surface area (Å²) >= 11 is 0. The zero-order valence-electron chi connectivity index (χ0n) is 9.55. The van der Waals surface area contributed by atoms with Gasteiger partial charge in [0.25, 0.3) is 5.82 Å². The van der Waals surface area contributed by atoms with Gasteiger partial charge < -0.3 is 4.74 Å². The minimum Gasteiger partial charge on any atom is -0.463 e. The number of benzene rings is 1. The smallest absolute Gasteiger partial charge is 0.416 e. The summed E-state index contributed by atoms with van der Waals surface area (Å²) in [4.78, 5) is 12.0. The van der Waals surface area contributed by atoms with Crippen molar-refractivity contribution in [2.75, 3.05) is 7.11 Å². The molecule has 0 atom stereocenters. The molecule has 0 unspecified atom stereocenters. The highest BCUT2D eigenvalue weighted by Gasteiger charge is 2.30. The predicted molar refractivity (Wildman–Crippen MR) is 55.5 cm³/mol. The molecule has 0 fully saturated rings. The molecule has 2 rings (SSSR count). The third kappa shape index (κ3) is 2.69. The van der Waals surface area contributed by atoms with Crippen molar-refractivity contribution in [1.29, 1.82) is 0 Å². The largest absolute Gasteiger partial charge is 0.463 e. The molecule has 1 aromatic heterocycles. The Kier molecular flexibility index (Phi) is 3.19. The normalized spacial score (nSPS) is 11.4. The average molecular weight is 272 g/mol. The van der Waals surface area contributed by atoms with Crippen molar-refractivity contribution >= 4 is 5.97 Å². The van der Waals surface area contributed by atoms with Gasteiger partial charge in [0.1, 0.15) is 0 Å². The summed E-state index contributed by atoms with van der Waals surface area (Å²) in [5.41, 5.74) is -0.541. The number of hydrogen-bond donors (Lipinski definition) is 0. The fourth-order valence-corrected chi connectivity index (χ4v) is 1.28. The molecule has 0 saturated heterocycles. The number of halogens is 3. The number of esters is 1. The monoisotopic (exact) mass is 272 g/mol. The number of nitrogens with zero attached hydrogens (tertiary/aromatic N) is 4. The van der Waals surface area contributed by atoms with Crippen molar-refractivity contribution in [2.24, 2.45) is 0 Å². The summed E-state index contributed by atoms with van der Waals surface area (Å²) in [7, 11) is 1.15. The molecule has 0 spiro atoms. The van der Waals surface area contributed by atoms with E-state index in [1.165, 1.54) is 12.1 Å². The Balaban J connectivity index is 2.28. The van der Waals surface area contributed by atoms with Crippen LogP contribution < -0.4 is 0 Å². The third-order valence-electron chi connectivity index (χ3n) is 2.21. The molecule has 0 radical (unpaired) electrons. The van der Waals surface area contributed by atoms with Crippen LogP contribution in [0.25, 0.3) is 5.69 Å². The van der Waals surface area contributed by atoms with Crippen molar-refractivity contribution in [3.05, 3.63) is 35.7 Å². The highest BCUT2D eigenvalue weighted by atomic mass is 19.4. The fraction of sp³-hybridized carbons (Fsp3) is 0.200. The van der Waals surface area contributed by atoms with Gasteiger partial charge in [-0.1, -0.05) is 0 Å². The maximum atomic E-state index is 12.4. The summed E-state index contributed by atoms with van der Waals surface area (Å²) in [5.74, 6) is -1.06. The first-order valence-corrected chi connectivity index (χ1v) is 4.98. The van der Waals surface area contributed by atoms with Gasteiger partial charge in [0.15, 0.2) is 0 Å². The lowest BCUT2D eigenvalue weighted by Gasteiger charge is -2.06. The Labute approximate surface area is 104 Å². The molecule has 0 aliphatic rings. The molecule has 0 amide bonds. The van der Waals surface area contributed by atoms with Crippen LogP contribution in [0.4, 0.5) is 13.2 Å². The lowest BCUT2D eigenvalue weighted by atomic mass is 10.2. The summed E-state index contributed by atoms with van der Waals surface area (Å²) in [6.07, 6.45) is -4.41. The van der Waals surface area contributed by atoms with Crippen molar-refractivity contribution in [1.82, 2.24) is 20.2 Å². The van der Waals surface area contributed by atoms with E-state index in [-0.39, 0.29) is 11.5 Å². The topological polar surface area (TPSA) is 69.9 Å². The van der Waals surface area contributed by atoms with Crippen molar-refractivity contribution in [2.45, 2.75) is 6.18 Å². The second-order valence-electron chi connectivity index (χ2n) is 3.44. The maximum absolute atomic E-state index is 12.4. The number of rotatable bonds is 2. The number of alkyl halides is 3. The van der Waals surface area contributed by atoms with E-state index in [4.69, 9.17) is 0 Å². The molecule has 0 saturated carbocycles. The Morgan fingerprint density at radius 2 is 1.89 bits per heavy atom. The van der Waals surface area contributed by atoms with Crippen LogP contribution >= 0.6 is 0 Å². The van der Waals surface area contributed by atoms with Gasteiger partial charge >= 0.3 is 12.1 Å². The first kappa shape index (κ1) is 13.0. The van der Waals surface area contributed by atoms with Gasteiger partial charge in [0.05, 0.1) is 18.4 Å². The van der Waals surface area contributed by atoms with E-state index in [1.807, 2.05) is 0 Å². The zero-order valence-corrected chi connectivity index (χ0v) is 9.55. The van der Waals surface area contributed by atoms with E-state index in [2.05, 4.69) is 20.1 Å². The van der Waals surface area contributed by atoms with Crippen LogP contribution in [-0.4, -0.2) is 33.3 Å². The second kappa shape index (κ2) is 4.67. The molecule has 6 nitrogen and oxygen atoms in total. The Hall–Kier alpha value is -2.45. The molecule has 1 heterocycles. The predicted octanol–water partition coefficient (Wildman–Crippen LogP) is 1.47. The van der Waals surface area contributed by atoms with E-state index in [0.29, 0.717) is 0 Å². The van der Waals surface area contributed by atoms with Crippen molar-refractivity contribution < 1.29 is 22.7 Å². The van der Waals surface area contributed by atoms with Crippen LogP contribution in [0.5, 0.6) is 0 Å². The van der Waals surface area contributed by atoms with E-state index >= 15 is 0 Å². The van der Waals surface area contributed by atoms with Crippen LogP contribution in [0.3, 0.4) is 0 Å². The van der Waals surface area contributed by atoms with E-state index in [1.54, 1.807) is 0 Å². The molecule has 0 N–H and O–H groups in total. The summed E-state index contributed by atoms with van der Waals surface area (Å²) in [5, 5.41) is 10.6. The maximum Gasteiger partial charge on any atom is 0.416 e. The highest BCUT2D eigenvalue weighted by Crippen LogP contribution is 2.29. The number of carbonyl (C=O) groups excluding carboxylic acids is 1. The van der Waals surface area contributed by atoms with Crippen LogP contribution in [0.15, 0.2) is 24.3 Å². The van der Waals surface area contributed by atoms with Gasteiger partial charge in [-0.2, -0.15) is 13.2 Å². The number of ether oxygens (including phenoxy) is 1. The van der Waals surface area contributed by atoms with Gasteiger partial charge in [0.2, 0.25) is 0 Å². The second-order valence-corrected chi connectivity index (χ2v) is 3.44. The van der Waals surface area contributed by atoms with Gasteiger partial charge in [-0.3, -0.25) is 0 Å². The summed E-state index contributed by atoms with van der Waals surface area (Å²) < 4.78 is 41.5. The number of hydrogen-bond acceptors (Lipinski definition) is 5. The molecule has 2 aromatic rings. The van der Waals surface area contributed by atoms with Gasteiger partial charge in [-0.25, -0.2) is 4.79 Å². The van der Waals surface area contributed by atoms with E-state index in [9.17, 15) is 18.0 Å². The Morgan fingerprint density at radius 1 is 1.26 bits per heavy atom. The molecule has 19 heavy (non-hydrogen) atoms. The van der Waals surface area contributed by atoms with E-state index in [0.717, 1.165) is 24.0 Å². The number of carbonyl (C=O) groups is 1. The Bertz CT molecular complexity index is 592. The quantitative estimate of drug-likeness (QED) is 0.774. The van der Waals surface area contributed by atoms with Gasteiger partial charge in [0, 0.05) is 0 Å².